The fourth-order valence-corrected chi connectivity index (χ4v) is 4.38. The van der Waals surface area contributed by atoms with E-state index in [1.807, 2.05) is 49.4 Å². The third-order valence-corrected chi connectivity index (χ3v) is 6.20. The van der Waals surface area contributed by atoms with Crippen molar-refractivity contribution in [3.63, 3.8) is 0 Å². The van der Waals surface area contributed by atoms with Crippen molar-refractivity contribution in [2.24, 2.45) is 0 Å². The molecule has 6 nitrogen and oxygen atoms in total. The Morgan fingerprint density at radius 2 is 1.65 bits per heavy atom. The third-order valence-electron chi connectivity index (χ3n) is 6.20. The number of para-hydroxylation sites is 1. The molecule has 5 rings (SSSR count). The molecule has 2 N–H and O–H groups in total. The summed E-state index contributed by atoms with van der Waals surface area (Å²) in [6.07, 6.45) is 0. The quantitative estimate of drug-likeness (QED) is 0.462. The summed E-state index contributed by atoms with van der Waals surface area (Å²) in [7, 11) is 0. The van der Waals surface area contributed by atoms with E-state index in [1.54, 1.807) is 23.1 Å². The van der Waals surface area contributed by atoms with Crippen LogP contribution in [0.3, 0.4) is 0 Å². The van der Waals surface area contributed by atoms with E-state index in [0.717, 1.165) is 22.2 Å². The number of hydrogen-bond acceptors (Lipinski definition) is 3. The molecule has 0 unspecified atom stereocenters. The van der Waals surface area contributed by atoms with Crippen LogP contribution in [-0.2, 0) is 0 Å². The highest BCUT2D eigenvalue weighted by Gasteiger charge is 2.27. The molecule has 3 aromatic carbocycles. The number of aryl methyl sites for hydroxylation is 1. The number of nitrogens with zero attached hydrogens (tertiary/aromatic N) is 2. The number of fused-ring (bicyclic) bond motifs is 1. The lowest BCUT2D eigenvalue weighted by atomic mass is 10.1. The van der Waals surface area contributed by atoms with Gasteiger partial charge >= 0.3 is 0 Å². The van der Waals surface area contributed by atoms with Crippen molar-refractivity contribution >= 4 is 34.1 Å². The van der Waals surface area contributed by atoms with Crippen molar-refractivity contribution in [2.75, 3.05) is 36.4 Å². The normalized spacial score (nSPS) is 13.8. The van der Waals surface area contributed by atoms with E-state index in [2.05, 4.69) is 15.2 Å². The van der Waals surface area contributed by atoms with Gasteiger partial charge in [-0.25, -0.2) is 4.39 Å². The molecule has 0 saturated carbocycles. The number of hydrogen-bond donors (Lipinski definition) is 2. The minimum atomic E-state index is -0.267. The smallest absolute Gasteiger partial charge is 0.272 e. The Bertz CT molecular complexity index is 1350. The van der Waals surface area contributed by atoms with E-state index < -0.39 is 0 Å². The molecule has 4 aromatic rings. The van der Waals surface area contributed by atoms with Crippen molar-refractivity contribution in [3.05, 3.63) is 95.4 Å². The van der Waals surface area contributed by atoms with E-state index in [9.17, 15) is 14.0 Å². The second-order valence-electron chi connectivity index (χ2n) is 8.50. The first-order valence-corrected chi connectivity index (χ1v) is 11.3. The van der Waals surface area contributed by atoms with Crippen LogP contribution in [-0.4, -0.2) is 47.9 Å². The van der Waals surface area contributed by atoms with E-state index >= 15 is 0 Å². The second kappa shape index (κ2) is 9.02. The summed E-state index contributed by atoms with van der Waals surface area (Å²) in [5.41, 5.74) is 4.12. The predicted octanol–water partition coefficient (Wildman–Crippen LogP) is 4.83. The van der Waals surface area contributed by atoms with Crippen LogP contribution >= 0.6 is 0 Å². The number of benzene rings is 3. The molecule has 34 heavy (non-hydrogen) atoms. The monoisotopic (exact) mass is 456 g/mol. The van der Waals surface area contributed by atoms with E-state index in [1.165, 1.54) is 12.1 Å². The third kappa shape index (κ3) is 4.24. The van der Waals surface area contributed by atoms with E-state index in [-0.39, 0.29) is 17.6 Å². The number of amides is 2. The Kier molecular flexibility index (Phi) is 5.76. The van der Waals surface area contributed by atoms with Crippen molar-refractivity contribution < 1.29 is 14.0 Å². The van der Waals surface area contributed by atoms with Crippen LogP contribution in [0.4, 0.5) is 15.8 Å². The first kappa shape index (κ1) is 21.7. The number of aromatic nitrogens is 1. The van der Waals surface area contributed by atoms with Crippen LogP contribution < -0.4 is 10.2 Å². The summed E-state index contributed by atoms with van der Waals surface area (Å²) >= 11 is 0. The minimum Gasteiger partial charge on any atom is -0.368 e. The highest BCUT2D eigenvalue weighted by atomic mass is 19.1. The number of H-pyrrole nitrogens is 1. The molecule has 1 aromatic heterocycles. The first-order valence-electron chi connectivity index (χ1n) is 11.3. The molecule has 2 amide bonds. The molecule has 0 bridgehead atoms. The Morgan fingerprint density at radius 3 is 2.38 bits per heavy atom. The minimum absolute atomic E-state index is 0.158. The zero-order valence-corrected chi connectivity index (χ0v) is 18.8. The maximum absolute atomic E-state index is 13.5. The van der Waals surface area contributed by atoms with Gasteiger partial charge in [-0.2, -0.15) is 0 Å². The van der Waals surface area contributed by atoms with Gasteiger partial charge in [-0.15, -0.1) is 0 Å². The van der Waals surface area contributed by atoms with Crippen LogP contribution in [0, 0.1) is 12.7 Å². The molecule has 1 aliphatic rings. The van der Waals surface area contributed by atoms with Gasteiger partial charge in [-0.1, -0.05) is 35.9 Å². The van der Waals surface area contributed by atoms with E-state index in [0.29, 0.717) is 43.1 Å². The number of piperazine rings is 1. The zero-order chi connectivity index (χ0) is 23.7. The number of carbonyl (C=O) groups excluding carboxylic acids is 2. The number of rotatable bonds is 4. The van der Waals surface area contributed by atoms with Gasteiger partial charge in [0, 0.05) is 48.3 Å². The summed E-state index contributed by atoms with van der Waals surface area (Å²) in [6.45, 7) is 4.27. The Balaban J connectivity index is 1.38. The summed E-state index contributed by atoms with van der Waals surface area (Å²) in [6, 6.07) is 21.3. The average Bonchev–Trinajstić information content (AvgIpc) is 3.22. The molecular weight excluding hydrogens is 431 g/mol. The first-order chi connectivity index (χ1) is 16.5. The highest BCUT2D eigenvalue weighted by Crippen LogP contribution is 2.30. The van der Waals surface area contributed by atoms with E-state index in [4.69, 9.17) is 0 Å². The molecule has 7 heteroatoms. The SMILES string of the molecule is Cc1cccc(C(=O)Nc2c(C(=O)N3CCN(c4ccc(F)cc4)CC3)[nH]c3ccccc23)c1. The molecule has 0 radical (unpaired) electrons. The number of halogens is 1. The Hall–Kier alpha value is -4.13. The molecule has 1 fully saturated rings. The second-order valence-corrected chi connectivity index (χ2v) is 8.50. The Labute approximate surface area is 197 Å². The van der Waals surface area contributed by atoms with Gasteiger partial charge in [0.15, 0.2) is 0 Å². The topological polar surface area (TPSA) is 68.4 Å². The van der Waals surface area contributed by atoms with Crippen LogP contribution in [0.1, 0.15) is 26.4 Å². The summed E-state index contributed by atoms with van der Waals surface area (Å²) in [5, 5.41) is 3.76. The van der Waals surface area contributed by atoms with Gasteiger partial charge in [-0.05, 0) is 49.4 Å². The average molecular weight is 457 g/mol. The Morgan fingerprint density at radius 1 is 0.912 bits per heavy atom. The number of nitrogens with one attached hydrogen (secondary N) is 2. The highest BCUT2D eigenvalue weighted by molar-refractivity contribution is 6.15. The standard InChI is InChI=1S/C27H25FN4O2/c1-18-5-4-6-19(17-18)26(33)30-24-22-7-2-3-8-23(22)29-25(24)27(34)32-15-13-31(14-16-32)21-11-9-20(28)10-12-21/h2-12,17,29H,13-16H2,1H3,(H,30,33). The number of aromatic amines is 1. The van der Waals surface area contributed by atoms with Crippen molar-refractivity contribution in [1.29, 1.82) is 0 Å². The van der Waals surface area contributed by atoms with Gasteiger partial charge in [-0.3, -0.25) is 9.59 Å². The van der Waals surface area contributed by atoms with Crippen LogP contribution in [0.2, 0.25) is 0 Å². The summed E-state index contributed by atoms with van der Waals surface area (Å²) in [4.78, 5) is 33.7. The lowest BCUT2D eigenvalue weighted by molar-refractivity contribution is 0.0743. The van der Waals surface area contributed by atoms with Gasteiger partial charge < -0.3 is 20.1 Å². The predicted molar refractivity (Wildman–Crippen MR) is 132 cm³/mol. The molecule has 172 valence electrons. The van der Waals surface area contributed by atoms with Gasteiger partial charge in [0.1, 0.15) is 11.5 Å². The van der Waals surface area contributed by atoms with Crippen LogP contribution in [0.25, 0.3) is 10.9 Å². The molecule has 2 heterocycles. The molecule has 0 spiro atoms. The fraction of sp³-hybridized carbons (Fsp3) is 0.185. The van der Waals surface area contributed by atoms with Crippen molar-refractivity contribution in [1.82, 2.24) is 9.88 Å². The molecular formula is C27H25FN4O2. The van der Waals surface area contributed by atoms with Crippen LogP contribution in [0.5, 0.6) is 0 Å². The summed E-state index contributed by atoms with van der Waals surface area (Å²) in [5.74, 6) is -0.685. The molecule has 1 aliphatic heterocycles. The van der Waals surface area contributed by atoms with Crippen molar-refractivity contribution in [3.8, 4) is 0 Å². The number of anilines is 2. The largest absolute Gasteiger partial charge is 0.368 e. The maximum Gasteiger partial charge on any atom is 0.272 e. The molecule has 0 aliphatic carbocycles. The number of carbonyl (C=O) groups is 2. The zero-order valence-electron chi connectivity index (χ0n) is 18.8. The van der Waals surface area contributed by atoms with Gasteiger partial charge in [0.2, 0.25) is 0 Å². The van der Waals surface area contributed by atoms with Crippen molar-refractivity contribution in [2.45, 2.75) is 6.92 Å². The fourth-order valence-electron chi connectivity index (χ4n) is 4.38. The lowest BCUT2D eigenvalue weighted by Crippen LogP contribution is -2.49. The van der Waals surface area contributed by atoms with Gasteiger partial charge in [0.25, 0.3) is 11.8 Å². The molecule has 0 atom stereocenters. The summed E-state index contributed by atoms with van der Waals surface area (Å²) < 4.78 is 13.2. The van der Waals surface area contributed by atoms with Gasteiger partial charge in [0.05, 0.1) is 5.69 Å². The van der Waals surface area contributed by atoms with Crippen LogP contribution in [0.15, 0.2) is 72.8 Å². The lowest BCUT2D eigenvalue weighted by Gasteiger charge is -2.36. The molecule has 1 saturated heterocycles. The maximum atomic E-state index is 13.5.